The topological polar surface area (TPSA) is 63.2 Å². The van der Waals surface area contributed by atoms with Crippen molar-refractivity contribution in [3.8, 4) is 0 Å². The normalized spacial score (nSPS) is 10.9. The predicted molar refractivity (Wildman–Crippen MR) is 135 cm³/mol. The summed E-state index contributed by atoms with van der Waals surface area (Å²) in [5.74, 6) is 3.49. The Morgan fingerprint density at radius 1 is 0.581 bits per heavy atom. The number of carbonyl (C=O) groups excluding carboxylic acids is 3. The number of nitrogens with one attached hydrogen (secondary N) is 1. The molecule has 4 heteroatoms. The van der Waals surface area contributed by atoms with Crippen LogP contribution in [0.5, 0.6) is 0 Å². The quantitative estimate of drug-likeness (QED) is 0.347. The third-order valence-corrected chi connectivity index (χ3v) is 4.29. The highest BCUT2D eigenvalue weighted by atomic mass is 16.1. The van der Waals surface area contributed by atoms with Crippen LogP contribution in [-0.2, 0) is 14.4 Å². The molecule has 186 valence electrons. The standard InChI is InChI=1S/C10H20O.C9H18O.C8H17NO/c1-8(2)5-6-10(11)7-9(3)4;1-7(2)5-6-9(10)8(3)4;1-6(2)5-8(10)9-7(3)4/h8-9H,5-7H2,1-4H3;7-8H,5-6H2,1-4H3;6-7H,5H2,1-4H3,(H,9,10). The van der Waals surface area contributed by atoms with Crippen LogP contribution in [0.15, 0.2) is 0 Å². The van der Waals surface area contributed by atoms with E-state index in [0.717, 1.165) is 32.1 Å². The molecule has 31 heavy (non-hydrogen) atoms. The molecule has 0 aliphatic rings. The Balaban J connectivity index is -0.000000380. The van der Waals surface area contributed by atoms with E-state index in [4.69, 9.17) is 0 Å². The molecule has 0 heterocycles. The molecule has 0 aromatic heterocycles. The monoisotopic (exact) mass is 441 g/mol. The fraction of sp³-hybridized carbons (Fsp3) is 0.889. The molecule has 4 nitrogen and oxygen atoms in total. The lowest BCUT2D eigenvalue weighted by atomic mass is 10.00. The molecule has 0 saturated carbocycles. The van der Waals surface area contributed by atoms with Crippen molar-refractivity contribution >= 4 is 17.5 Å². The predicted octanol–water partition coefficient (Wildman–Crippen LogP) is 7.24. The van der Waals surface area contributed by atoms with E-state index in [1.165, 1.54) is 0 Å². The van der Waals surface area contributed by atoms with Gasteiger partial charge in [-0.25, -0.2) is 0 Å². The van der Waals surface area contributed by atoms with Gasteiger partial charge in [-0.1, -0.05) is 69.2 Å². The van der Waals surface area contributed by atoms with E-state index < -0.39 is 0 Å². The fourth-order valence-corrected chi connectivity index (χ4v) is 2.48. The Morgan fingerprint density at radius 2 is 1.00 bits per heavy atom. The summed E-state index contributed by atoms with van der Waals surface area (Å²) in [5.41, 5.74) is 0. The summed E-state index contributed by atoms with van der Waals surface area (Å²) in [6.07, 6.45) is 5.01. The van der Waals surface area contributed by atoms with E-state index in [1.807, 2.05) is 41.5 Å². The van der Waals surface area contributed by atoms with Gasteiger partial charge in [0.25, 0.3) is 0 Å². The van der Waals surface area contributed by atoms with Crippen LogP contribution in [0.3, 0.4) is 0 Å². The van der Waals surface area contributed by atoms with Crippen LogP contribution in [0.1, 0.15) is 122 Å². The number of amides is 1. The van der Waals surface area contributed by atoms with Crippen molar-refractivity contribution in [2.75, 3.05) is 0 Å². The minimum atomic E-state index is 0.157. The van der Waals surface area contributed by atoms with E-state index in [2.05, 4.69) is 46.9 Å². The maximum Gasteiger partial charge on any atom is 0.220 e. The minimum Gasteiger partial charge on any atom is -0.354 e. The molecule has 0 saturated heterocycles. The fourth-order valence-electron chi connectivity index (χ4n) is 2.48. The van der Waals surface area contributed by atoms with E-state index in [-0.39, 0.29) is 17.9 Å². The van der Waals surface area contributed by atoms with Gasteiger partial charge < -0.3 is 5.32 Å². The first-order valence-electron chi connectivity index (χ1n) is 12.4. The molecular formula is C27H55NO3. The van der Waals surface area contributed by atoms with Gasteiger partial charge in [-0.15, -0.1) is 0 Å². The first-order chi connectivity index (χ1) is 14.1. The van der Waals surface area contributed by atoms with Gasteiger partial charge in [-0.05, 0) is 50.4 Å². The third-order valence-electron chi connectivity index (χ3n) is 4.29. The van der Waals surface area contributed by atoms with Crippen LogP contribution in [0, 0.1) is 29.6 Å². The number of hydrogen-bond acceptors (Lipinski definition) is 3. The van der Waals surface area contributed by atoms with Crippen molar-refractivity contribution in [1.82, 2.24) is 5.32 Å². The molecule has 0 aliphatic heterocycles. The van der Waals surface area contributed by atoms with Gasteiger partial charge in [0.1, 0.15) is 11.6 Å². The molecule has 1 amide bonds. The largest absolute Gasteiger partial charge is 0.354 e. The summed E-state index contributed by atoms with van der Waals surface area (Å²) >= 11 is 0. The van der Waals surface area contributed by atoms with Crippen LogP contribution in [0.25, 0.3) is 0 Å². The lowest BCUT2D eigenvalue weighted by molar-refractivity contribution is -0.123. The Bertz CT molecular complexity index is 451. The van der Waals surface area contributed by atoms with Crippen molar-refractivity contribution in [2.45, 2.75) is 128 Å². The lowest BCUT2D eigenvalue weighted by Crippen LogP contribution is -2.30. The maximum atomic E-state index is 11.2. The first-order valence-corrected chi connectivity index (χ1v) is 12.4. The average molecular weight is 442 g/mol. The summed E-state index contributed by atoms with van der Waals surface area (Å²) < 4.78 is 0. The maximum absolute atomic E-state index is 11.2. The highest BCUT2D eigenvalue weighted by Crippen LogP contribution is 2.09. The second-order valence-electron chi connectivity index (χ2n) is 10.9. The molecule has 0 aliphatic carbocycles. The van der Waals surface area contributed by atoms with Crippen molar-refractivity contribution in [3.63, 3.8) is 0 Å². The minimum absolute atomic E-state index is 0.157. The van der Waals surface area contributed by atoms with E-state index in [0.29, 0.717) is 41.7 Å². The van der Waals surface area contributed by atoms with Gasteiger partial charge in [0.2, 0.25) is 5.91 Å². The van der Waals surface area contributed by atoms with Crippen molar-refractivity contribution in [1.29, 1.82) is 0 Å². The summed E-state index contributed by atoms with van der Waals surface area (Å²) in [6.45, 7) is 24.7. The summed E-state index contributed by atoms with van der Waals surface area (Å²) in [4.78, 5) is 33.2. The summed E-state index contributed by atoms with van der Waals surface area (Å²) in [6, 6.07) is 0.270. The summed E-state index contributed by atoms with van der Waals surface area (Å²) in [7, 11) is 0. The van der Waals surface area contributed by atoms with Crippen LogP contribution in [0.4, 0.5) is 0 Å². The Morgan fingerprint density at radius 3 is 1.32 bits per heavy atom. The molecule has 0 aromatic rings. The smallest absolute Gasteiger partial charge is 0.220 e. The van der Waals surface area contributed by atoms with Gasteiger partial charge in [-0.2, -0.15) is 0 Å². The van der Waals surface area contributed by atoms with Gasteiger partial charge in [0.15, 0.2) is 0 Å². The van der Waals surface area contributed by atoms with E-state index in [9.17, 15) is 14.4 Å². The van der Waals surface area contributed by atoms with Crippen molar-refractivity contribution < 1.29 is 14.4 Å². The van der Waals surface area contributed by atoms with Crippen molar-refractivity contribution in [2.24, 2.45) is 29.6 Å². The van der Waals surface area contributed by atoms with E-state index in [1.54, 1.807) is 0 Å². The number of hydrogen-bond donors (Lipinski definition) is 1. The molecule has 0 rings (SSSR count). The zero-order valence-electron chi connectivity index (χ0n) is 22.9. The van der Waals surface area contributed by atoms with Crippen LogP contribution < -0.4 is 5.32 Å². The van der Waals surface area contributed by atoms with Crippen molar-refractivity contribution in [3.05, 3.63) is 0 Å². The SMILES string of the molecule is CC(C)CC(=O)NC(C)C.CC(C)CCC(=O)C(C)C.CC(C)CCC(=O)CC(C)C. The molecule has 0 fully saturated rings. The van der Waals surface area contributed by atoms with Crippen LogP contribution in [0.2, 0.25) is 0 Å². The van der Waals surface area contributed by atoms with Crippen LogP contribution >= 0.6 is 0 Å². The molecule has 0 radical (unpaired) electrons. The molecule has 0 spiro atoms. The lowest BCUT2D eigenvalue weighted by Gasteiger charge is -2.09. The van der Waals surface area contributed by atoms with Gasteiger partial charge in [0, 0.05) is 37.6 Å². The van der Waals surface area contributed by atoms with Gasteiger partial charge in [-0.3, -0.25) is 14.4 Å². The van der Waals surface area contributed by atoms with Crippen LogP contribution in [-0.4, -0.2) is 23.5 Å². The first kappa shape index (κ1) is 34.4. The number of Topliss-reactive ketones (excluding diaryl/α,β-unsaturated/α-hetero) is 2. The Labute approximate surface area is 194 Å². The third kappa shape index (κ3) is 33.6. The molecule has 0 aromatic carbocycles. The molecule has 1 N–H and O–H groups in total. The number of rotatable bonds is 12. The number of carbonyl (C=O) groups is 3. The Hall–Kier alpha value is -1.19. The highest BCUT2D eigenvalue weighted by Gasteiger charge is 2.07. The molecular weight excluding hydrogens is 386 g/mol. The highest BCUT2D eigenvalue weighted by molar-refractivity contribution is 5.80. The molecule has 0 bridgehead atoms. The second kappa shape index (κ2) is 20.7. The molecule has 0 unspecified atom stereocenters. The number of ketones is 2. The zero-order chi connectivity index (χ0) is 25.1. The average Bonchev–Trinajstić information content (AvgIpc) is 2.56. The second-order valence-corrected chi connectivity index (χ2v) is 10.9. The van der Waals surface area contributed by atoms with E-state index >= 15 is 0 Å². The summed E-state index contributed by atoms with van der Waals surface area (Å²) in [5, 5.41) is 2.84. The Kier molecular flexibility index (Phi) is 23.0. The molecule has 0 atom stereocenters. The van der Waals surface area contributed by atoms with Gasteiger partial charge >= 0.3 is 0 Å². The zero-order valence-corrected chi connectivity index (χ0v) is 22.9. The van der Waals surface area contributed by atoms with Gasteiger partial charge in [0.05, 0.1) is 0 Å².